The van der Waals surface area contributed by atoms with Crippen molar-refractivity contribution < 1.29 is 28.3 Å². The molecule has 9 heteroatoms. The standard InChI is InChI=1S/C22H36N2O6Si/c1-5-6-16-31(3,4)30-22(27)24-19(20(25)28-2)14-10-11-15-23-21(26)29-17-18-12-8-7-9-13-18/h7-9,12-13,19H,5-6,10-11,14-17H2,1-4H3,(H,23,26)(H,24,27)/t19-/m0/s1. The van der Waals surface area contributed by atoms with Gasteiger partial charge in [-0.15, -0.1) is 0 Å². The van der Waals surface area contributed by atoms with E-state index in [4.69, 9.17) is 13.9 Å². The van der Waals surface area contributed by atoms with Crippen LogP contribution in [0.25, 0.3) is 0 Å². The van der Waals surface area contributed by atoms with Gasteiger partial charge in [0.25, 0.3) is 8.32 Å². The van der Waals surface area contributed by atoms with Gasteiger partial charge < -0.3 is 24.5 Å². The SMILES string of the molecule is CCCC[Si](C)(C)OC(=O)N[C@@H](CCCCNC(=O)OCc1ccccc1)C(=O)OC. The van der Waals surface area contributed by atoms with Crippen LogP contribution in [-0.4, -0.2) is 46.2 Å². The van der Waals surface area contributed by atoms with Crippen molar-refractivity contribution in [3.05, 3.63) is 35.9 Å². The summed E-state index contributed by atoms with van der Waals surface area (Å²) in [5, 5.41) is 5.30. The van der Waals surface area contributed by atoms with Gasteiger partial charge in [-0.3, -0.25) is 0 Å². The predicted octanol–water partition coefficient (Wildman–Crippen LogP) is 4.36. The molecule has 0 aliphatic heterocycles. The van der Waals surface area contributed by atoms with Gasteiger partial charge in [0.05, 0.1) is 7.11 Å². The Kier molecular flexibility index (Phi) is 12.3. The van der Waals surface area contributed by atoms with E-state index >= 15 is 0 Å². The molecule has 1 atom stereocenters. The molecule has 174 valence electrons. The van der Waals surface area contributed by atoms with E-state index in [0.29, 0.717) is 25.8 Å². The normalized spacial score (nSPS) is 11.9. The van der Waals surface area contributed by atoms with E-state index in [0.717, 1.165) is 24.4 Å². The highest BCUT2D eigenvalue weighted by atomic mass is 28.4. The van der Waals surface area contributed by atoms with E-state index < -0.39 is 32.5 Å². The molecule has 0 unspecified atom stereocenters. The quantitative estimate of drug-likeness (QED) is 0.262. The summed E-state index contributed by atoms with van der Waals surface area (Å²) in [7, 11) is -0.830. The van der Waals surface area contributed by atoms with Crippen molar-refractivity contribution in [3.8, 4) is 0 Å². The van der Waals surface area contributed by atoms with Crippen LogP contribution in [0.4, 0.5) is 9.59 Å². The Hall–Kier alpha value is -2.55. The number of carbonyl (C=O) groups is 3. The maximum atomic E-state index is 12.2. The molecule has 31 heavy (non-hydrogen) atoms. The van der Waals surface area contributed by atoms with Crippen LogP contribution in [-0.2, 0) is 25.3 Å². The van der Waals surface area contributed by atoms with Crippen LogP contribution in [0.2, 0.25) is 19.1 Å². The van der Waals surface area contributed by atoms with Crippen molar-refractivity contribution >= 4 is 26.5 Å². The lowest BCUT2D eigenvalue weighted by Gasteiger charge is -2.24. The first-order chi connectivity index (χ1) is 14.8. The summed E-state index contributed by atoms with van der Waals surface area (Å²) >= 11 is 0. The maximum Gasteiger partial charge on any atom is 0.407 e. The van der Waals surface area contributed by atoms with Gasteiger partial charge in [-0.2, -0.15) is 0 Å². The average Bonchev–Trinajstić information content (AvgIpc) is 2.75. The second-order valence-electron chi connectivity index (χ2n) is 7.96. The number of hydrogen-bond donors (Lipinski definition) is 2. The zero-order valence-electron chi connectivity index (χ0n) is 19.1. The molecule has 1 aromatic rings. The van der Waals surface area contributed by atoms with Crippen molar-refractivity contribution in [2.45, 2.75) is 70.8 Å². The Labute approximate surface area is 186 Å². The highest BCUT2D eigenvalue weighted by Gasteiger charge is 2.29. The third-order valence-corrected chi connectivity index (χ3v) is 6.98. The molecule has 0 aliphatic carbocycles. The number of benzene rings is 1. The van der Waals surface area contributed by atoms with Gasteiger partial charge in [-0.1, -0.05) is 50.1 Å². The Morgan fingerprint density at radius 3 is 2.39 bits per heavy atom. The number of hydrogen-bond acceptors (Lipinski definition) is 6. The van der Waals surface area contributed by atoms with Crippen molar-refractivity contribution in [1.82, 2.24) is 10.6 Å². The fourth-order valence-electron chi connectivity index (χ4n) is 2.91. The highest BCUT2D eigenvalue weighted by Crippen LogP contribution is 2.15. The summed E-state index contributed by atoms with van der Waals surface area (Å²) in [6, 6.07) is 9.52. The predicted molar refractivity (Wildman–Crippen MR) is 121 cm³/mol. The van der Waals surface area contributed by atoms with E-state index in [9.17, 15) is 14.4 Å². The molecular formula is C22H36N2O6Si. The number of amides is 2. The molecule has 0 saturated heterocycles. The van der Waals surface area contributed by atoms with Gasteiger partial charge >= 0.3 is 18.2 Å². The molecule has 0 heterocycles. The summed E-state index contributed by atoms with van der Waals surface area (Å²) in [6.07, 6.45) is 2.60. The van der Waals surface area contributed by atoms with Crippen LogP contribution in [0.3, 0.4) is 0 Å². The van der Waals surface area contributed by atoms with E-state index in [1.165, 1.54) is 7.11 Å². The van der Waals surface area contributed by atoms with Crippen molar-refractivity contribution in [2.75, 3.05) is 13.7 Å². The third-order valence-electron chi connectivity index (χ3n) is 4.68. The highest BCUT2D eigenvalue weighted by molar-refractivity contribution is 6.72. The fraction of sp³-hybridized carbons (Fsp3) is 0.591. The van der Waals surface area contributed by atoms with Crippen LogP contribution in [0, 0.1) is 0 Å². The smallest absolute Gasteiger partial charge is 0.407 e. The molecule has 0 bridgehead atoms. The van der Waals surface area contributed by atoms with Crippen molar-refractivity contribution in [3.63, 3.8) is 0 Å². The molecule has 0 fully saturated rings. The number of unbranched alkanes of at least 4 members (excludes halogenated alkanes) is 2. The Morgan fingerprint density at radius 2 is 1.74 bits per heavy atom. The van der Waals surface area contributed by atoms with Gasteiger partial charge in [0, 0.05) is 6.54 Å². The van der Waals surface area contributed by atoms with Gasteiger partial charge in [0.2, 0.25) is 0 Å². The minimum Gasteiger partial charge on any atom is -0.504 e. The monoisotopic (exact) mass is 452 g/mol. The Balaban J connectivity index is 2.31. The number of nitrogens with one attached hydrogen (secondary N) is 2. The first-order valence-corrected chi connectivity index (χ1v) is 13.9. The molecule has 2 N–H and O–H groups in total. The summed E-state index contributed by atoms with van der Waals surface area (Å²) in [4.78, 5) is 36.0. The molecule has 2 amide bonds. The number of methoxy groups -OCH3 is 1. The van der Waals surface area contributed by atoms with Gasteiger partial charge in [0.15, 0.2) is 0 Å². The number of esters is 1. The number of ether oxygens (including phenoxy) is 2. The van der Waals surface area contributed by atoms with E-state index in [1.54, 1.807) is 0 Å². The molecule has 1 aromatic carbocycles. The van der Waals surface area contributed by atoms with Crippen LogP contribution in [0.15, 0.2) is 30.3 Å². The van der Waals surface area contributed by atoms with Gasteiger partial charge in [0.1, 0.15) is 12.6 Å². The second-order valence-corrected chi connectivity index (χ2v) is 12.2. The minimum atomic E-state index is -2.11. The molecule has 0 saturated carbocycles. The average molecular weight is 453 g/mol. The molecule has 0 aromatic heterocycles. The summed E-state index contributed by atoms with van der Waals surface area (Å²) in [5.74, 6) is -0.514. The molecular weight excluding hydrogens is 416 g/mol. The van der Waals surface area contributed by atoms with Crippen LogP contribution in [0.5, 0.6) is 0 Å². The summed E-state index contributed by atoms with van der Waals surface area (Å²) in [6.45, 7) is 6.68. The summed E-state index contributed by atoms with van der Waals surface area (Å²) < 4.78 is 15.5. The molecule has 0 spiro atoms. The number of carbonyl (C=O) groups excluding carboxylic acids is 3. The Morgan fingerprint density at radius 1 is 1.03 bits per heavy atom. The fourth-order valence-corrected chi connectivity index (χ4v) is 4.77. The lowest BCUT2D eigenvalue weighted by molar-refractivity contribution is -0.143. The first-order valence-electron chi connectivity index (χ1n) is 10.8. The molecule has 8 nitrogen and oxygen atoms in total. The summed E-state index contributed by atoms with van der Waals surface area (Å²) in [5.41, 5.74) is 0.914. The van der Waals surface area contributed by atoms with Gasteiger partial charge in [-0.05, 0) is 44.0 Å². The van der Waals surface area contributed by atoms with E-state index in [-0.39, 0.29) is 6.61 Å². The molecule has 0 aliphatic rings. The van der Waals surface area contributed by atoms with Crippen LogP contribution < -0.4 is 10.6 Å². The van der Waals surface area contributed by atoms with Crippen molar-refractivity contribution in [1.29, 1.82) is 0 Å². The van der Waals surface area contributed by atoms with Crippen LogP contribution >= 0.6 is 0 Å². The van der Waals surface area contributed by atoms with Gasteiger partial charge in [-0.25, -0.2) is 14.4 Å². The largest absolute Gasteiger partial charge is 0.504 e. The van der Waals surface area contributed by atoms with Crippen LogP contribution in [0.1, 0.15) is 44.6 Å². The minimum absolute atomic E-state index is 0.209. The maximum absolute atomic E-state index is 12.2. The molecule has 0 radical (unpaired) electrons. The van der Waals surface area contributed by atoms with E-state index in [2.05, 4.69) is 17.6 Å². The number of rotatable bonds is 13. The van der Waals surface area contributed by atoms with E-state index in [1.807, 2.05) is 43.4 Å². The topological polar surface area (TPSA) is 103 Å². The second kappa shape index (κ2) is 14.5. The number of alkyl carbamates (subject to hydrolysis) is 1. The zero-order valence-corrected chi connectivity index (χ0v) is 20.1. The Bertz CT molecular complexity index is 684. The zero-order chi connectivity index (χ0) is 23.1. The lowest BCUT2D eigenvalue weighted by atomic mass is 10.1. The lowest BCUT2D eigenvalue weighted by Crippen LogP contribution is -2.46. The molecule has 1 rings (SSSR count). The third kappa shape index (κ3) is 12.0. The first kappa shape index (κ1) is 26.5. The van der Waals surface area contributed by atoms with Crippen molar-refractivity contribution in [2.24, 2.45) is 0 Å².